The summed E-state index contributed by atoms with van der Waals surface area (Å²) >= 11 is 0. The van der Waals surface area contributed by atoms with Gasteiger partial charge in [0.25, 0.3) is 0 Å². The Hall–Kier alpha value is -1.73. The summed E-state index contributed by atoms with van der Waals surface area (Å²) in [5, 5.41) is 0.213. The lowest BCUT2D eigenvalue weighted by molar-refractivity contribution is 0.328. The molecule has 2 aromatic rings. The predicted molar refractivity (Wildman–Crippen MR) is 88.2 cm³/mol. The van der Waals surface area contributed by atoms with Gasteiger partial charge in [-0.25, -0.2) is 15.0 Å². The Labute approximate surface area is 126 Å². The van der Waals surface area contributed by atoms with Crippen LogP contribution in [0.25, 0.3) is 17.4 Å². The highest BCUT2D eigenvalue weighted by Crippen LogP contribution is 2.36. The minimum atomic E-state index is -1.71. The van der Waals surface area contributed by atoms with Crippen LogP contribution in [0.4, 0.5) is 5.82 Å². The molecule has 0 bridgehead atoms. The van der Waals surface area contributed by atoms with Crippen molar-refractivity contribution in [2.24, 2.45) is 0 Å². The fraction of sp³-hybridized carbons (Fsp3) is 0.500. The largest absolute Gasteiger partial charge is 0.413 e. The van der Waals surface area contributed by atoms with Crippen molar-refractivity contribution in [1.29, 1.82) is 0 Å². The van der Waals surface area contributed by atoms with E-state index in [2.05, 4.69) is 48.8 Å². The molecule has 7 heteroatoms. The van der Waals surface area contributed by atoms with E-state index in [1.807, 2.05) is 16.8 Å². The Morgan fingerprint density at radius 2 is 2.00 bits per heavy atom. The molecule has 0 radical (unpaired) electrons. The zero-order chi connectivity index (χ0) is 15.7. The van der Waals surface area contributed by atoms with Crippen LogP contribution in [0.3, 0.4) is 0 Å². The number of imidazole rings is 1. The lowest BCUT2D eigenvalue weighted by Crippen LogP contribution is -2.40. The first-order valence-electron chi connectivity index (χ1n) is 6.96. The van der Waals surface area contributed by atoms with Gasteiger partial charge in [-0.15, -0.1) is 0 Å². The molecule has 0 aliphatic carbocycles. The van der Waals surface area contributed by atoms with Gasteiger partial charge < -0.3 is 10.2 Å². The van der Waals surface area contributed by atoms with Crippen molar-refractivity contribution in [3.05, 3.63) is 18.7 Å². The average Bonchev–Trinajstić information content (AvgIpc) is 2.78. The van der Waals surface area contributed by atoms with Gasteiger partial charge in [0.1, 0.15) is 12.7 Å². The SMILES string of the molecule is CC(C)(C)[Si](C)(C)OC/C=C\n1cnc2c(N)ncnc21. The Kier molecular flexibility index (Phi) is 4.15. The summed E-state index contributed by atoms with van der Waals surface area (Å²) in [5.41, 5.74) is 7.08. The molecule has 2 N–H and O–H groups in total. The standard InChI is InChI=1S/C14H23N5OSi/c1-14(2,3)21(4,5)20-8-6-7-19-10-18-11-12(15)16-9-17-13(11)19/h6-7,9-10H,8H2,1-5H3,(H2,15,16,17)/b7-6-. The maximum absolute atomic E-state index is 6.09. The van der Waals surface area contributed by atoms with E-state index in [0.717, 1.165) is 0 Å². The third-order valence-corrected chi connectivity index (χ3v) is 8.50. The molecule has 0 amide bonds. The van der Waals surface area contributed by atoms with Crippen molar-refractivity contribution in [1.82, 2.24) is 19.5 Å². The molecule has 6 nitrogen and oxygen atoms in total. The molecule has 0 fully saturated rings. The van der Waals surface area contributed by atoms with E-state index >= 15 is 0 Å². The summed E-state index contributed by atoms with van der Waals surface area (Å²) in [6.45, 7) is 11.7. The van der Waals surface area contributed by atoms with Gasteiger partial charge in [0, 0.05) is 6.20 Å². The first-order valence-corrected chi connectivity index (χ1v) is 9.87. The van der Waals surface area contributed by atoms with Gasteiger partial charge >= 0.3 is 0 Å². The normalized spacial score (nSPS) is 13.4. The smallest absolute Gasteiger partial charge is 0.192 e. The van der Waals surface area contributed by atoms with Crippen LogP contribution in [0, 0.1) is 0 Å². The summed E-state index contributed by atoms with van der Waals surface area (Å²) in [6, 6.07) is 0. The highest BCUT2D eigenvalue weighted by molar-refractivity contribution is 6.74. The number of fused-ring (bicyclic) bond motifs is 1. The van der Waals surface area contributed by atoms with Gasteiger partial charge in [0.2, 0.25) is 0 Å². The van der Waals surface area contributed by atoms with Crippen LogP contribution in [0.2, 0.25) is 18.1 Å². The van der Waals surface area contributed by atoms with Crippen molar-refractivity contribution in [2.45, 2.75) is 38.9 Å². The molecule has 0 atom stereocenters. The highest BCUT2D eigenvalue weighted by atomic mass is 28.4. The molecule has 0 spiro atoms. The van der Waals surface area contributed by atoms with Crippen molar-refractivity contribution < 1.29 is 4.43 Å². The predicted octanol–water partition coefficient (Wildman–Crippen LogP) is 2.90. The van der Waals surface area contributed by atoms with Crippen LogP contribution in [0.15, 0.2) is 18.7 Å². The number of aromatic nitrogens is 4. The van der Waals surface area contributed by atoms with Gasteiger partial charge in [-0.3, -0.25) is 4.57 Å². The summed E-state index contributed by atoms with van der Waals surface area (Å²) < 4.78 is 7.91. The fourth-order valence-corrected chi connectivity index (χ4v) is 2.55. The quantitative estimate of drug-likeness (QED) is 0.879. The second-order valence-corrected chi connectivity index (χ2v) is 11.3. The van der Waals surface area contributed by atoms with Gasteiger partial charge in [-0.1, -0.05) is 20.8 Å². The minimum absolute atomic E-state index is 0.213. The van der Waals surface area contributed by atoms with Crippen LogP contribution in [-0.4, -0.2) is 34.4 Å². The maximum atomic E-state index is 6.09. The van der Waals surface area contributed by atoms with Gasteiger partial charge in [-0.05, 0) is 24.2 Å². The molecule has 0 aliphatic heterocycles. The molecule has 21 heavy (non-hydrogen) atoms. The van der Waals surface area contributed by atoms with E-state index in [9.17, 15) is 0 Å². The van der Waals surface area contributed by atoms with Gasteiger partial charge in [0.05, 0.1) is 6.61 Å². The summed E-state index contributed by atoms with van der Waals surface area (Å²) in [7, 11) is -1.71. The second-order valence-electron chi connectivity index (χ2n) is 6.54. The lowest BCUT2D eigenvalue weighted by Gasteiger charge is -2.35. The number of hydrogen-bond donors (Lipinski definition) is 1. The van der Waals surface area contributed by atoms with E-state index in [4.69, 9.17) is 10.2 Å². The Bertz CT molecular complexity index is 657. The summed E-state index contributed by atoms with van der Waals surface area (Å²) in [4.78, 5) is 12.3. The van der Waals surface area contributed by atoms with E-state index in [0.29, 0.717) is 23.6 Å². The number of nitrogen functional groups attached to an aromatic ring is 1. The highest BCUT2D eigenvalue weighted by Gasteiger charge is 2.36. The van der Waals surface area contributed by atoms with E-state index < -0.39 is 8.32 Å². The molecule has 0 unspecified atom stereocenters. The molecule has 2 rings (SSSR count). The fourth-order valence-electron chi connectivity index (χ4n) is 1.61. The van der Waals surface area contributed by atoms with Crippen LogP contribution in [0.1, 0.15) is 20.8 Å². The van der Waals surface area contributed by atoms with Crippen molar-refractivity contribution in [3.63, 3.8) is 0 Å². The first-order chi connectivity index (χ1) is 9.72. The molecule has 0 saturated heterocycles. The number of nitrogens with zero attached hydrogens (tertiary/aromatic N) is 4. The number of anilines is 1. The topological polar surface area (TPSA) is 78.9 Å². The molecule has 0 saturated carbocycles. The Morgan fingerprint density at radius 1 is 1.29 bits per heavy atom. The molecular formula is C14H23N5OSi. The number of rotatable bonds is 4. The Morgan fingerprint density at radius 3 is 2.67 bits per heavy atom. The second kappa shape index (κ2) is 5.57. The van der Waals surface area contributed by atoms with Crippen molar-refractivity contribution in [3.8, 4) is 0 Å². The van der Waals surface area contributed by atoms with Crippen LogP contribution in [-0.2, 0) is 4.43 Å². The van der Waals surface area contributed by atoms with Crippen molar-refractivity contribution in [2.75, 3.05) is 12.3 Å². The van der Waals surface area contributed by atoms with Crippen LogP contribution >= 0.6 is 0 Å². The first kappa shape index (κ1) is 15.7. The van der Waals surface area contributed by atoms with Gasteiger partial charge in [0.15, 0.2) is 25.3 Å². The number of hydrogen-bond acceptors (Lipinski definition) is 5. The molecule has 0 aromatic carbocycles. The Balaban J connectivity index is 2.06. The van der Waals surface area contributed by atoms with E-state index in [1.54, 1.807) is 6.33 Å². The monoisotopic (exact) mass is 305 g/mol. The molecule has 2 aromatic heterocycles. The third kappa shape index (κ3) is 3.30. The van der Waals surface area contributed by atoms with Gasteiger partial charge in [-0.2, -0.15) is 0 Å². The van der Waals surface area contributed by atoms with Crippen LogP contribution < -0.4 is 5.73 Å². The molecule has 114 valence electrons. The molecule has 0 aliphatic rings. The minimum Gasteiger partial charge on any atom is -0.413 e. The van der Waals surface area contributed by atoms with E-state index in [1.165, 1.54) is 6.33 Å². The van der Waals surface area contributed by atoms with Crippen molar-refractivity contribution >= 4 is 31.5 Å². The maximum Gasteiger partial charge on any atom is 0.192 e. The number of nitrogens with two attached hydrogens (primary N) is 1. The summed E-state index contributed by atoms with van der Waals surface area (Å²) in [5.74, 6) is 0.393. The molecule has 2 heterocycles. The zero-order valence-electron chi connectivity index (χ0n) is 13.3. The third-order valence-electron chi connectivity index (χ3n) is 4.00. The average molecular weight is 305 g/mol. The summed E-state index contributed by atoms with van der Waals surface area (Å²) in [6.07, 6.45) is 6.99. The zero-order valence-corrected chi connectivity index (χ0v) is 14.3. The van der Waals surface area contributed by atoms with E-state index in [-0.39, 0.29) is 5.04 Å². The van der Waals surface area contributed by atoms with Crippen LogP contribution in [0.5, 0.6) is 0 Å². The molecular weight excluding hydrogens is 282 g/mol. The lowest BCUT2D eigenvalue weighted by atomic mass is 10.2.